The van der Waals surface area contributed by atoms with E-state index in [0.717, 1.165) is 38.2 Å². The molecule has 20 heavy (non-hydrogen) atoms. The van der Waals surface area contributed by atoms with Crippen molar-refractivity contribution in [3.8, 4) is 5.75 Å². The Hall–Kier alpha value is -1.43. The first kappa shape index (κ1) is 13.5. The summed E-state index contributed by atoms with van der Waals surface area (Å²) in [6.45, 7) is 3.01. The van der Waals surface area contributed by atoms with E-state index in [1.54, 1.807) is 12.1 Å². The first-order chi connectivity index (χ1) is 9.53. The number of piperidine rings is 1. The van der Waals surface area contributed by atoms with Crippen LogP contribution in [0.25, 0.3) is 0 Å². The van der Waals surface area contributed by atoms with Crippen molar-refractivity contribution in [3.05, 3.63) is 24.3 Å². The maximum Gasteiger partial charge on any atom is 0.573 e. The molecule has 1 aromatic carbocycles. The summed E-state index contributed by atoms with van der Waals surface area (Å²) in [5, 5.41) is 3.39. The summed E-state index contributed by atoms with van der Waals surface area (Å²) in [7, 11) is 0. The zero-order valence-electron chi connectivity index (χ0n) is 11.0. The number of fused-ring (bicyclic) bond motifs is 1. The third kappa shape index (κ3) is 2.85. The molecule has 2 saturated heterocycles. The van der Waals surface area contributed by atoms with Gasteiger partial charge in [-0.05, 0) is 56.1 Å². The van der Waals surface area contributed by atoms with Crippen LogP contribution in [0, 0.1) is 5.92 Å². The van der Waals surface area contributed by atoms with E-state index in [1.807, 2.05) is 0 Å². The van der Waals surface area contributed by atoms with E-state index in [1.165, 1.54) is 12.1 Å². The van der Waals surface area contributed by atoms with Gasteiger partial charge in [-0.2, -0.15) is 0 Å². The average molecular weight is 286 g/mol. The molecule has 2 heterocycles. The molecule has 3 rings (SSSR count). The number of nitrogens with zero attached hydrogens (tertiary/aromatic N) is 1. The third-order valence-corrected chi connectivity index (χ3v) is 4.11. The number of halogens is 3. The highest BCUT2D eigenvalue weighted by atomic mass is 19.4. The van der Waals surface area contributed by atoms with E-state index >= 15 is 0 Å². The first-order valence-corrected chi connectivity index (χ1v) is 6.86. The molecular weight excluding hydrogens is 269 g/mol. The van der Waals surface area contributed by atoms with Crippen LogP contribution in [-0.4, -0.2) is 32.0 Å². The van der Waals surface area contributed by atoms with E-state index in [4.69, 9.17) is 0 Å². The topological polar surface area (TPSA) is 24.5 Å². The predicted octanol–water partition coefficient (Wildman–Crippen LogP) is 2.77. The highest BCUT2D eigenvalue weighted by molar-refractivity contribution is 5.51. The molecule has 3 nitrogen and oxygen atoms in total. The zero-order chi connectivity index (χ0) is 14.2. The molecule has 2 aliphatic rings. The van der Waals surface area contributed by atoms with Crippen LogP contribution >= 0.6 is 0 Å². The molecule has 0 saturated carbocycles. The molecule has 1 N–H and O–H groups in total. The number of nitrogens with one attached hydrogen (secondary N) is 1. The van der Waals surface area contributed by atoms with Crippen LogP contribution in [0.1, 0.15) is 12.8 Å². The lowest BCUT2D eigenvalue weighted by Gasteiger charge is -2.33. The monoisotopic (exact) mass is 286 g/mol. The highest BCUT2D eigenvalue weighted by Crippen LogP contribution is 2.34. The fourth-order valence-corrected chi connectivity index (χ4v) is 3.24. The van der Waals surface area contributed by atoms with Crippen molar-refractivity contribution >= 4 is 5.69 Å². The van der Waals surface area contributed by atoms with Gasteiger partial charge in [-0.1, -0.05) is 0 Å². The van der Waals surface area contributed by atoms with Crippen molar-refractivity contribution in [2.45, 2.75) is 25.2 Å². The van der Waals surface area contributed by atoms with E-state index in [9.17, 15) is 13.2 Å². The van der Waals surface area contributed by atoms with Gasteiger partial charge in [-0.3, -0.25) is 0 Å². The van der Waals surface area contributed by atoms with Gasteiger partial charge < -0.3 is 15.0 Å². The zero-order valence-corrected chi connectivity index (χ0v) is 11.0. The number of alkyl halides is 3. The van der Waals surface area contributed by atoms with Crippen LogP contribution in [0.3, 0.4) is 0 Å². The molecule has 6 heteroatoms. The molecule has 0 aliphatic carbocycles. The standard InChI is InChI=1S/C14H17F3N2O/c15-14(16,17)20-12-3-1-11(2-4-12)19-8-6-10-9-18-7-5-13(10)19/h1-4,10,13,18H,5-9H2/t10-,13+/m0/s1. The first-order valence-electron chi connectivity index (χ1n) is 6.86. The normalized spacial score (nSPS) is 26.4. The predicted molar refractivity (Wildman–Crippen MR) is 69.9 cm³/mol. The molecule has 2 atom stereocenters. The van der Waals surface area contributed by atoms with Gasteiger partial charge in [0.2, 0.25) is 0 Å². The van der Waals surface area contributed by atoms with Gasteiger partial charge >= 0.3 is 6.36 Å². The Morgan fingerprint density at radius 2 is 1.90 bits per heavy atom. The van der Waals surface area contributed by atoms with Crippen LogP contribution in [0.2, 0.25) is 0 Å². The molecule has 0 amide bonds. The minimum Gasteiger partial charge on any atom is -0.406 e. The molecule has 1 aromatic rings. The number of benzene rings is 1. The minimum absolute atomic E-state index is 0.165. The summed E-state index contributed by atoms with van der Waals surface area (Å²) >= 11 is 0. The van der Waals surface area contributed by atoms with Crippen molar-refractivity contribution < 1.29 is 17.9 Å². The molecule has 110 valence electrons. The Balaban J connectivity index is 1.71. The number of ether oxygens (including phenoxy) is 1. The molecule has 0 aromatic heterocycles. The highest BCUT2D eigenvalue weighted by Gasteiger charge is 2.36. The maximum atomic E-state index is 12.1. The van der Waals surface area contributed by atoms with Gasteiger partial charge in [0.05, 0.1) is 0 Å². The number of anilines is 1. The summed E-state index contributed by atoms with van der Waals surface area (Å²) in [4.78, 5) is 2.31. The summed E-state index contributed by atoms with van der Waals surface area (Å²) in [5.74, 6) is 0.483. The quantitative estimate of drug-likeness (QED) is 0.904. The SMILES string of the molecule is FC(F)(F)Oc1ccc(N2CC[C@H]3CNCC[C@H]32)cc1. The molecule has 0 bridgehead atoms. The molecule has 0 radical (unpaired) electrons. The van der Waals surface area contributed by atoms with Gasteiger partial charge in [0.25, 0.3) is 0 Å². The molecule has 2 fully saturated rings. The van der Waals surface area contributed by atoms with Crippen molar-refractivity contribution in [1.29, 1.82) is 0 Å². The molecule has 0 unspecified atom stereocenters. The summed E-state index contributed by atoms with van der Waals surface area (Å²) < 4.78 is 40.3. The Morgan fingerprint density at radius 3 is 2.60 bits per heavy atom. The Bertz CT molecular complexity index is 460. The van der Waals surface area contributed by atoms with E-state index in [2.05, 4.69) is 15.0 Å². The number of rotatable bonds is 2. The van der Waals surface area contributed by atoms with E-state index in [0.29, 0.717) is 12.0 Å². The lowest BCUT2D eigenvalue weighted by atomic mass is 9.94. The van der Waals surface area contributed by atoms with Crippen molar-refractivity contribution in [1.82, 2.24) is 5.32 Å². The lowest BCUT2D eigenvalue weighted by Crippen LogP contribution is -2.43. The smallest absolute Gasteiger partial charge is 0.406 e. The van der Waals surface area contributed by atoms with Gasteiger partial charge in [0.15, 0.2) is 0 Å². The van der Waals surface area contributed by atoms with Gasteiger partial charge in [-0.15, -0.1) is 13.2 Å². The number of hydrogen-bond acceptors (Lipinski definition) is 3. The van der Waals surface area contributed by atoms with Crippen LogP contribution < -0.4 is 15.0 Å². The second kappa shape index (κ2) is 5.16. The second-order valence-electron chi connectivity index (χ2n) is 5.34. The summed E-state index contributed by atoms with van der Waals surface area (Å²) in [5.41, 5.74) is 0.980. The second-order valence-corrected chi connectivity index (χ2v) is 5.34. The lowest BCUT2D eigenvalue weighted by molar-refractivity contribution is -0.274. The fourth-order valence-electron chi connectivity index (χ4n) is 3.24. The van der Waals surface area contributed by atoms with Gasteiger partial charge in [-0.25, -0.2) is 0 Å². The van der Waals surface area contributed by atoms with Crippen LogP contribution in [0.15, 0.2) is 24.3 Å². The largest absolute Gasteiger partial charge is 0.573 e. The van der Waals surface area contributed by atoms with Crippen molar-refractivity contribution in [3.63, 3.8) is 0 Å². The van der Waals surface area contributed by atoms with Crippen molar-refractivity contribution in [2.24, 2.45) is 5.92 Å². The number of hydrogen-bond donors (Lipinski definition) is 1. The molecule has 0 spiro atoms. The van der Waals surface area contributed by atoms with Crippen LogP contribution in [0.4, 0.5) is 18.9 Å². The van der Waals surface area contributed by atoms with Gasteiger partial charge in [0.1, 0.15) is 5.75 Å². The molecular formula is C14H17F3N2O. The van der Waals surface area contributed by atoms with Crippen LogP contribution in [0.5, 0.6) is 5.75 Å². The van der Waals surface area contributed by atoms with E-state index < -0.39 is 6.36 Å². The minimum atomic E-state index is -4.63. The summed E-state index contributed by atoms with van der Waals surface area (Å²) in [6.07, 6.45) is -2.40. The molecule has 2 aliphatic heterocycles. The Kier molecular flexibility index (Phi) is 3.50. The Labute approximate surface area is 115 Å². The maximum absolute atomic E-state index is 12.1. The van der Waals surface area contributed by atoms with Crippen molar-refractivity contribution in [2.75, 3.05) is 24.5 Å². The van der Waals surface area contributed by atoms with Gasteiger partial charge in [0, 0.05) is 18.3 Å². The summed E-state index contributed by atoms with van der Waals surface area (Å²) in [6, 6.07) is 6.71. The third-order valence-electron chi connectivity index (χ3n) is 4.11. The Morgan fingerprint density at radius 1 is 1.15 bits per heavy atom. The average Bonchev–Trinajstić information content (AvgIpc) is 2.82. The fraction of sp³-hybridized carbons (Fsp3) is 0.571. The van der Waals surface area contributed by atoms with Crippen LogP contribution in [-0.2, 0) is 0 Å². The van der Waals surface area contributed by atoms with E-state index in [-0.39, 0.29) is 5.75 Å².